The van der Waals surface area contributed by atoms with Gasteiger partial charge in [-0.3, -0.25) is 4.79 Å². The minimum absolute atomic E-state index is 0.0101. The van der Waals surface area contributed by atoms with Crippen molar-refractivity contribution in [3.63, 3.8) is 0 Å². The van der Waals surface area contributed by atoms with Crippen LogP contribution in [0.15, 0.2) is 48.5 Å². The van der Waals surface area contributed by atoms with E-state index in [9.17, 15) is 9.90 Å². The summed E-state index contributed by atoms with van der Waals surface area (Å²) in [4.78, 5) is 11.7. The van der Waals surface area contributed by atoms with Crippen molar-refractivity contribution in [2.45, 2.75) is 13.3 Å². The zero-order chi connectivity index (χ0) is 15.1. The highest BCUT2D eigenvalue weighted by atomic mass is 16.5. The molecule has 2 aromatic carbocycles. The minimum Gasteiger partial charge on any atom is -0.508 e. The van der Waals surface area contributed by atoms with Gasteiger partial charge in [0.25, 0.3) is 5.91 Å². The van der Waals surface area contributed by atoms with Gasteiger partial charge in [-0.1, -0.05) is 35.9 Å². The molecule has 4 nitrogen and oxygen atoms in total. The van der Waals surface area contributed by atoms with Crippen molar-refractivity contribution < 1.29 is 14.6 Å². The van der Waals surface area contributed by atoms with Crippen LogP contribution in [0.2, 0.25) is 0 Å². The smallest absolute Gasteiger partial charge is 0.257 e. The largest absolute Gasteiger partial charge is 0.508 e. The number of ether oxygens (including phenoxy) is 1. The molecule has 0 spiro atoms. The summed E-state index contributed by atoms with van der Waals surface area (Å²) in [7, 11) is 0. The Kier molecular flexibility index (Phi) is 5.21. The normalized spacial score (nSPS) is 10.1. The summed E-state index contributed by atoms with van der Waals surface area (Å²) in [5.74, 6) is 0.755. The Balaban J connectivity index is 1.70. The van der Waals surface area contributed by atoms with E-state index in [1.807, 2.05) is 43.3 Å². The predicted molar refractivity (Wildman–Crippen MR) is 81.5 cm³/mol. The van der Waals surface area contributed by atoms with E-state index in [1.54, 1.807) is 12.1 Å². The molecule has 0 radical (unpaired) electrons. The Morgan fingerprint density at radius 1 is 1.14 bits per heavy atom. The summed E-state index contributed by atoms with van der Waals surface area (Å²) < 4.78 is 5.39. The average molecular weight is 285 g/mol. The lowest BCUT2D eigenvalue weighted by atomic mass is 10.1. The van der Waals surface area contributed by atoms with Crippen molar-refractivity contribution in [3.8, 4) is 11.5 Å². The number of hydrogen-bond acceptors (Lipinski definition) is 3. The number of carbonyl (C=O) groups excluding carboxylic acids is 1. The first-order chi connectivity index (χ1) is 10.1. The third kappa shape index (κ3) is 4.84. The van der Waals surface area contributed by atoms with Gasteiger partial charge >= 0.3 is 0 Å². The van der Waals surface area contributed by atoms with E-state index in [-0.39, 0.29) is 18.3 Å². The maximum atomic E-state index is 11.7. The highest BCUT2D eigenvalue weighted by Crippen LogP contribution is 2.15. The molecule has 0 fully saturated rings. The molecule has 0 aliphatic carbocycles. The summed E-state index contributed by atoms with van der Waals surface area (Å²) in [6.07, 6.45) is 0.586. The second-order valence-corrected chi connectivity index (χ2v) is 4.83. The molecule has 4 heteroatoms. The highest BCUT2D eigenvalue weighted by Gasteiger charge is 2.04. The molecular weight excluding hydrogens is 266 g/mol. The Hall–Kier alpha value is -2.49. The van der Waals surface area contributed by atoms with Crippen molar-refractivity contribution in [2.75, 3.05) is 13.2 Å². The zero-order valence-corrected chi connectivity index (χ0v) is 12.0. The number of aromatic hydroxyl groups is 1. The Labute approximate surface area is 124 Å². The van der Waals surface area contributed by atoms with E-state index >= 15 is 0 Å². The molecule has 0 atom stereocenters. The summed E-state index contributed by atoms with van der Waals surface area (Å²) in [6.45, 7) is 2.45. The van der Waals surface area contributed by atoms with Crippen LogP contribution in [0.1, 0.15) is 11.1 Å². The molecule has 1 amide bonds. The van der Waals surface area contributed by atoms with Crippen LogP contribution in [0.4, 0.5) is 0 Å². The van der Waals surface area contributed by atoms with Gasteiger partial charge in [0.1, 0.15) is 11.5 Å². The fourth-order valence-corrected chi connectivity index (χ4v) is 1.89. The van der Waals surface area contributed by atoms with Gasteiger partial charge in [0.15, 0.2) is 6.61 Å². The lowest BCUT2D eigenvalue weighted by molar-refractivity contribution is -0.123. The Morgan fingerprint density at radius 2 is 1.86 bits per heavy atom. The van der Waals surface area contributed by atoms with E-state index in [4.69, 9.17) is 4.74 Å². The lowest BCUT2D eigenvalue weighted by Crippen LogP contribution is -2.30. The summed E-state index contributed by atoms with van der Waals surface area (Å²) in [6, 6.07) is 14.7. The zero-order valence-electron chi connectivity index (χ0n) is 12.0. The molecule has 0 saturated carbocycles. The molecule has 21 heavy (non-hydrogen) atoms. The Morgan fingerprint density at radius 3 is 2.57 bits per heavy atom. The van der Waals surface area contributed by atoms with Crippen LogP contribution in [0.3, 0.4) is 0 Å². The van der Waals surface area contributed by atoms with Crippen molar-refractivity contribution in [2.24, 2.45) is 0 Å². The number of carbonyl (C=O) groups is 1. The van der Waals surface area contributed by atoms with Crippen LogP contribution in [0.25, 0.3) is 0 Å². The third-order valence-corrected chi connectivity index (χ3v) is 3.10. The monoisotopic (exact) mass is 285 g/mol. The number of benzene rings is 2. The predicted octanol–water partition coefficient (Wildman–Crippen LogP) is 2.44. The van der Waals surface area contributed by atoms with E-state index in [1.165, 1.54) is 0 Å². The molecule has 0 aliphatic rings. The SMILES string of the molecule is Cc1ccc(OCC(=O)NCCc2ccccc2O)cc1. The quantitative estimate of drug-likeness (QED) is 0.857. The molecule has 0 heterocycles. The molecule has 2 N–H and O–H groups in total. The first-order valence-electron chi connectivity index (χ1n) is 6.88. The van der Waals surface area contributed by atoms with Crippen LogP contribution >= 0.6 is 0 Å². The Bertz CT molecular complexity index is 593. The first kappa shape index (κ1) is 14.9. The fourth-order valence-electron chi connectivity index (χ4n) is 1.89. The molecule has 0 bridgehead atoms. The number of hydrogen-bond donors (Lipinski definition) is 2. The summed E-state index contributed by atoms with van der Waals surface area (Å²) >= 11 is 0. The summed E-state index contributed by atoms with van der Waals surface area (Å²) in [5, 5.41) is 12.4. The van der Waals surface area contributed by atoms with Gasteiger partial charge in [0.2, 0.25) is 0 Å². The number of rotatable bonds is 6. The minimum atomic E-state index is -0.175. The van der Waals surface area contributed by atoms with E-state index in [2.05, 4.69) is 5.32 Å². The van der Waals surface area contributed by atoms with Crippen LogP contribution in [-0.2, 0) is 11.2 Å². The van der Waals surface area contributed by atoms with E-state index in [0.717, 1.165) is 11.1 Å². The molecule has 110 valence electrons. The number of nitrogens with one attached hydrogen (secondary N) is 1. The second kappa shape index (κ2) is 7.33. The van der Waals surface area contributed by atoms with Gasteiger partial charge in [-0.2, -0.15) is 0 Å². The molecule has 0 aliphatic heterocycles. The third-order valence-electron chi connectivity index (χ3n) is 3.10. The van der Waals surface area contributed by atoms with Crippen molar-refractivity contribution >= 4 is 5.91 Å². The van der Waals surface area contributed by atoms with Gasteiger partial charge in [-0.25, -0.2) is 0 Å². The van der Waals surface area contributed by atoms with Gasteiger partial charge in [-0.05, 0) is 37.1 Å². The molecule has 0 aromatic heterocycles. The molecule has 2 aromatic rings. The average Bonchev–Trinajstić information content (AvgIpc) is 2.49. The van der Waals surface area contributed by atoms with E-state index in [0.29, 0.717) is 18.7 Å². The van der Waals surface area contributed by atoms with Crippen molar-refractivity contribution in [1.29, 1.82) is 0 Å². The first-order valence-corrected chi connectivity index (χ1v) is 6.88. The molecule has 0 saturated heterocycles. The van der Waals surface area contributed by atoms with Crippen molar-refractivity contribution in [3.05, 3.63) is 59.7 Å². The van der Waals surface area contributed by atoms with Gasteiger partial charge in [-0.15, -0.1) is 0 Å². The molecular formula is C17H19NO3. The van der Waals surface area contributed by atoms with Gasteiger partial charge in [0, 0.05) is 6.54 Å². The van der Waals surface area contributed by atoms with Crippen LogP contribution in [0, 0.1) is 6.92 Å². The molecule has 0 unspecified atom stereocenters. The molecule has 2 rings (SSSR count). The van der Waals surface area contributed by atoms with Gasteiger partial charge in [0.05, 0.1) is 0 Å². The van der Waals surface area contributed by atoms with Crippen LogP contribution in [-0.4, -0.2) is 24.2 Å². The maximum absolute atomic E-state index is 11.7. The fraction of sp³-hybridized carbons (Fsp3) is 0.235. The number of amides is 1. The number of phenols is 1. The number of phenolic OH excluding ortho intramolecular Hbond substituents is 1. The highest BCUT2D eigenvalue weighted by molar-refractivity contribution is 5.77. The van der Waals surface area contributed by atoms with Crippen LogP contribution < -0.4 is 10.1 Å². The summed E-state index contributed by atoms with van der Waals surface area (Å²) in [5.41, 5.74) is 1.96. The number of aryl methyl sites for hydroxylation is 1. The standard InChI is InChI=1S/C17H19NO3/c1-13-6-8-15(9-7-13)21-12-17(20)18-11-10-14-4-2-3-5-16(14)19/h2-9,19H,10-12H2,1H3,(H,18,20). The van der Waals surface area contributed by atoms with Crippen LogP contribution in [0.5, 0.6) is 11.5 Å². The topological polar surface area (TPSA) is 58.6 Å². The number of para-hydroxylation sites is 1. The van der Waals surface area contributed by atoms with Crippen molar-refractivity contribution in [1.82, 2.24) is 5.32 Å². The second-order valence-electron chi connectivity index (χ2n) is 4.83. The maximum Gasteiger partial charge on any atom is 0.257 e. The lowest BCUT2D eigenvalue weighted by Gasteiger charge is -2.08. The van der Waals surface area contributed by atoms with E-state index < -0.39 is 0 Å². The van der Waals surface area contributed by atoms with Gasteiger partial charge < -0.3 is 15.2 Å².